The van der Waals surface area contributed by atoms with Crippen LogP contribution in [0.15, 0.2) is 48.7 Å². The summed E-state index contributed by atoms with van der Waals surface area (Å²) in [5.41, 5.74) is 3.04. The van der Waals surface area contributed by atoms with Gasteiger partial charge in [0.15, 0.2) is 0 Å². The molecule has 0 radical (unpaired) electrons. The molecule has 1 unspecified atom stereocenters. The van der Waals surface area contributed by atoms with Crippen LogP contribution in [-0.4, -0.2) is 40.8 Å². The lowest BCUT2D eigenvalue weighted by Crippen LogP contribution is -2.59. The highest BCUT2D eigenvalue weighted by molar-refractivity contribution is 5.94. The summed E-state index contributed by atoms with van der Waals surface area (Å²) in [4.78, 5) is 31.6. The highest BCUT2D eigenvalue weighted by Crippen LogP contribution is 2.49. The number of aromatic nitrogens is 1. The molecule has 1 aromatic carbocycles. The molecule has 5 heteroatoms. The first-order valence-electron chi connectivity index (χ1n) is 11.2. The maximum atomic E-state index is 12.8. The molecule has 1 N–H and O–H groups in total. The Morgan fingerprint density at radius 3 is 2.47 bits per heavy atom. The minimum absolute atomic E-state index is 0.0720. The zero-order valence-electron chi connectivity index (χ0n) is 17.8. The molecular formula is C25H31N3O2. The number of rotatable bonds is 6. The molecule has 1 aliphatic carbocycles. The van der Waals surface area contributed by atoms with Crippen molar-refractivity contribution < 1.29 is 9.59 Å². The third-order valence-corrected chi connectivity index (χ3v) is 6.97. The minimum atomic E-state index is 0.0720. The third-order valence-electron chi connectivity index (χ3n) is 6.97. The third kappa shape index (κ3) is 4.40. The summed E-state index contributed by atoms with van der Waals surface area (Å²) in [5, 5.41) is 3.28. The van der Waals surface area contributed by atoms with Crippen LogP contribution >= 0.6 is 0 Å². The van der Waals surface area contributed by atoms with Gasteiger partial charge in [-0.1, -0.05) is 37.3 Å². The molecule has 2 aromatic rings. The SMILES string of the molecule is CCc1ccc(C(=O)N2CCC3(CCC3NC(=O)CCc3ccccc3)CC2)cn1. The number of hydrogen-bond acceptors (Lipinski definition) is 3. The maximum Gasteiger partial charge on any atom is 0.255 e. The predicted molar refractivity (Wildman–Crippen MR) is 117 cm³/mol. The summed E-state index contributed by atoms with van der Waals surface area (Å²) in [7, 11) is 0. The van der Waals surface area contributed by atoms with Crippen LogP contribution in [0, 0.1) is 5.41 Å². The second-order valence-corrected chi connectivity index (χ2v) is 8.69. The average molecular weight is 406 g/mol. The fourth-order valence-electron chi connectivity index (χ4n) is 4.79. The molecule has 2 fully saturated rings. The van der Waals surface area contributed by atoms with Gasteiger partial charge in [-0.05, 0) is 61.6 Å². The summed E-state index contributed by atoms with van der Waals surface area (Å²) in [6.07, 6.45) is 8.00. The van der Waals surface area contributed by atoms with Crippen molar-refractivity contribution in [3.8, 4) is 0 Å². The van der Waals surface area contributed by atoms with E-state index < -0.39 is 0 Å². The Labute approximate surface area is 178 Å². The Balaban J connectivity index is 1.27. The smallest absolute Gasteiger partial charge is 0.255 e. The summed E-state index contributed by atoms with van der Waals surface area (Å²) >= 11 is 0. The number of pyridine rings is 1. The topological polar surface area (TPSA) is 62.3 Å². The quantitative estimate of drug-likeness (QED) is 0.796. The first-order valence-corrected chi connectivity index (χ1v) is 11.2. The van der Waals surface area contributed by atoms with E-state index in [1.807, 2.05) is 35.2 Å². The number of nitrogens with zero attached hydrogens (tertiary/aromatic N) is 2. The molecule has 4 rings (SSSR count). The van der Waals surface area contributed by atoms with E-state index >= 15 is 0 Å². The molecule has 5 nitrogen and oxygen atoms in total. The number of amides is 2. The predicted octanol–water partition coefficient (Wildman–Crippen LogP) is 3.78. The van der Waals surface area contributed by atoms with Gasteiger partial charge in [0.1, 0.15) is 0 Å². The van der Waals surface area contributed by atoms with Gasteiger partial charge in [0.05, 0.1) is 5.56 Å². The number of hydrogen-bond donors (Lipinski definition) is 1. The number of piperidine rings is 1. The Hall–Kier alpha value is -2.69. The van der Waals surface area contributed by atoms with Gasteiger partial charge in [-0.25, -0.2) is 0 Å². The molecule has 2 aliphatic rings. The molecule has 1 aliphatic heterocycles. The Morgan fingerprint density at radius 1 is 1.10 bits per heavy atom. The lowest BCUT2D eigenvalue weighted by Gasteiger charge is -2.54. The molecule has 1 saturated heterocycles. The van der Waals surface area contributed by atoms with Crippen LogP contribution in [0.4, 0.5) is 0 Å². The number of nitrogens with one attached hydrogen (secondary N) is 1. The van der Waals surface area contributed by atoms with Crippen LogP contribution in [0.2, 0.25) is 0 Å². The van der Waals surface area contributed by atoms with Crippen LogP contribution in [0.25, 0.3) is 0 Å². The van der Waals surface area contributed by atoms with Crippen molar-refractivity contribution in [3.05, 3.63) is 65.5 Å². The fraction of sp³-hybridized carbons (Fsp3) is 0.480. The van der Waals surface area contributed by atoms with Gasteiger partial charge in [-0.15, -0.1) is 0 Å². The van der Waals surface area contributed by atoms with Gasteiger partial charge in [0.25, 0.3) is 5.91 Å². The zero-order chi connectivity index (χ0) is 21.0. The van der Waals surface area contributed by atoms with E-state index in [1.165, 1.54) is 5.56 Å². The fourth-order valence-corrected chi connectivity index (χ4v) is 4.79. The van der Waals surface area contributed by atoms with Crippen LogP contribution in [0.5, 0.6) is 0 Å². The number of likely N-dealkylation sites (tertiary alicyclic amines) is 1. The van der Waals surface area contributed by atoms with Crippen LogP contribution < -0.4 is 5.32 Å². The van der Waals surface area contributed by atoms with Crippen molar-refractivity contribution in [1.29, 1.82) is 0 Å². The lowest BCUT2D eigenvalue weighted by atomic mass is 9.59. The van der Waals surface area contributed by atoms with Crippen LogP contribution in [0.1, 0.15) is 60.6 Å². The molecule has 1 aromatic heterocycles. The van der Waals surface area contributed by atoms with Crippen molar-refractivity contribution in [1.82, 2.24) is 15.2 Å². The van der Waals surface area contributed by atoms with Gasteiger partial charge in [0, 0.05) is 37.4 Å². The molecule has 1 saturated carbocycles. The van der Waals surface area contributed by atoms with E-state index in [0.717, 1.165) is 57.3 Å². The summed E-state index contributed by atoms with van der Waals surface area (Å²) < 4.78 is 0. The van der Waals surface area contributed by atoms with E-state index in [4.69, 9.17) is 0 Å². The molecule has 0 bridgehead atoms. The van der Waals surface area contributed by atoms with Crippen molar-refractivity contribution in [2.24, 2.45) is 5.41 Å². The molecule has 2 amide bonds. The molecule has 2 heterocycles. The maximum absolute atomic E-state index is 12.8. The minimum Gasteiger partial charge on any atom is -0.353 e. The van der Waals surface area contributed by atoms with Gasteiger partial charge in [-0.3, -0.25) is 14.6 Å². The van der Waals surface area contributed by atoms with Gasteiger partial charge >= 0.3 is 0 Å². The Morgan fingerprint density at radius 2 is 1.87 bits per heavy atom. The number of benzene rings is 1. The van der Waals surface area contributed by atoms with E-state index in [-0.39, 0.29) is 23.3 Å². The number of carbonyl (C=O) groups is 2. The molecular weight excluding hydrogens is 374 g/mol. The lowest BCUT2D eigenvalue weighted by molar-refractivity contribution is -0.125. The second-order valence-electron chi connectivity index (χ2n) is 8.69. The number of aryl methyl sites for hydroxylation is 2. The molecule has 30 heavy (non-hydrogen) atoms. The highest BCUT2D eigenvalue weighted by Gasteiger charge is 2.49. The van der Waals surface area contributed by atoms with Crippen molar-refractivity contribution in [2.45, 2.75) is 57.9 Å². The largest absolute Gasteiger partial charge is 0.353 e. The monoisotopic (exact) mass is 405 g/mol. The Bertz CT molecular complexity index is 871. The molecule has 1 atom stereocenters. The molecule has 158 valence electrons. The highest BCUT2D eigenvalue weighted by atomic mass is 16.2. The van der Waals surface area contributed by atoms with Crippen LogP contribution in [-0.2, 0) is 17.6 Å². The van der Waals surface area contributed by atoms with Crippen molar-refractivity contribution in [3.63, 3.8) is 0 Å². The van der Waals surface area contributed by atoms with E-state index in [2.05, 4.69) is 29.4 Å². The summed E-state index contributed by atoms with van der Waals surface area (Å²) in [6, 6.07) is 14.2. The normalized spacial score (nSPS) is 19.9. The summed E-state index contributed by atoms with van der Waals surface area (Å²) in [6.45, 7) is 3.57. The van der Waals surface area contributed by atoms with E-state index in [0.29, 0.717) is 12.0 Å². The second kappa shape index (κ2) is 8.99. The molecule has 1 spiro atoms. The van der Waals surface area contributed by atoms with E-state index in [9.17, 15) is 9.59 Å². The van der Waals surface area contributed by atoms with Crippen LogP contribution in [0.3, 0.4) is 0 Å². The van der Waals surface area contributed by atoms with Crippen molar-refractivity contribution >= 4 is 11.8 Å². The summed E-state index contributed by atoms with van der Waals surface area (Å²) in [5.74, 6) is 0.214. The van der Waals surface area contributed by atoms with Crippen molar-refractivity contribution in [2.75, 3.05) is 13.1 Å². The first kappa shape index (κ1) is 20.6. The van der Waals surface area contributed by atoms with E-state index in [1.54, 1.807) is 6.20 Å². The van der Waals surface area contributed by atoms with Gasteiger partial charge in [0.2, 0.25) is 5.91 Å². The number of carbonyl (C=O) groups excluding carboxylic acids is 2. The standard InChI is InChI=1S/C25H31N3O2/c1-2-21-10-9-20(18-26-21)24(30)28-16-14-25(15-17-28)13-12-22(25)27-23(29)11-8-19-6-4-3-5-7-19/h3-7,9-10,18,22H,2,8,11-17H2,1H3,(H,27,29). The van der Waals surface area contributed by atoms with Gasteiger partial charge in [-0.2, -0.15) is 0 Å². The Kier molecular flexibility index (Phi) is 6.16. The first-order chi connectivity index (χ1) is 14.6. The zero-order valence-corrected chi connectivity index (χ0v) is 17.8. The average Bonchev–Trinajstić information content (AvgIpc) is 2.81. The van der Waals surface area contributed by atoms with Gasteiger partial charge < -0.3 is 10.2 Å².